The summed E-state index contributed by atoms with van der Waals surface area (Å²) < 4.78 is 18.9. The average molecular weight is 389 g/mol. The Kier molecular flexibility index (Phi) is 4.89. The first-order chi connectivity index (χ1) is 13.2. The Morgan fingerprint density at radius 1 is 1.33 bits per heavy atom. The minimum Gasteiger partial charge on any atom is -0.383 e. The number of nitrogens with zero attached hydrogens (tertiary/aromatic N) is 5. The summed E-state index contributed by atoms with van der Waals surface area (Å²) in [4.78, 5) is 15.0. The maximum atomic E-state index is 13.4. The molecule has 1 fully saturated rings. The monoisotopic (exact) mass is 388 g/mol. The van der Waals surface area contributed by atoms with Gasteiger partial charge in [-0.1, -0.05) is 28.9 Å². The Morgan fingerprint density at radius 2 is 2.22 bits per heavy atom. The first kappa shape index (κ1) is 17.7. The number of aromatic nitrogens is 4. The SMILES string of the molecule is CNc1c(Cl)ncnc1N1CCCC(c2nc(-c3cccc(F)c3)no2)C1. The van der Waals surface area contributed by atoms with Gasteiger partial charge in [0.25, 0.3) is 0 Å². The normalized spacial score (nSPS) is 17.1. The predicted octanol–water partition coefficient (Wildman–Crippen LogP) is 3.74. The van der Waals surface area contributed by atoms with Crippen LogP contribution >= 0.6 is 11.6 Å². The van der Waals surface area contributed by atoms with E-state index >= 15 is 0 Å². The average Bonchev–Trinajstić information content (AvgIpc) is 3.18. The standard InChI is InChI=1S/C18H18ClFN6O/c1-21-14-15(19)22-10-23-17(14)26-7-3-5-12(9-26)18-24-16(25-27-18)11-4-2-6-13(20)8-11/h2,4,6,8,10,12,21H,3,5,7,9H2,1H3. The highest BCUT2D eigenvalue weighted by Crippen LogP contribution is 2.34. The predicted molar refractivity (Wildman–Crippen MR) is 100 cm³/mol. The van der Waals surface area contributed by atoms with E-state index < -0.39 is 0 Å². The van der Waals surface area contributed by atoms with Crippen molar-refractivity contribution in [1.29, 1.82) is 0 Å². The highest BCUT2D eigenvalue weighted by atomic mass is 35.5. The third kappa shape index (κ3) is 3.57. The molecular weight excluding hydrogens is 371 g/mol. The minimum absolute atomic E-state index is 0.0620. The lowest BCUT2D eigenvalue weighted by Gasteiger charge is -2.32. The fourth-order valence-electron chi connectivity index (χ4n) is 3.33. The molecule has 7 nitrogen and oxygen atoms in total. The van der Waals surface area contributed by atoms with Crippen LogP contribution in [-0.4, -0.2) is 40.2 Å². The number of anilines is 2. The van der Waals surface area contributed by atoms with E-state index in [-0.39, 0.29) is 11.7 Å². The van der Waals surface area contributed by atoms with E-state index in [4.69, 9.17) is 16.1 Å². The summed E-state index contributed by atoms with van der Waals surface area (Å²) in [5.74, 6) is 1.43. The van der Waals surface area contributed by atoms with Crippen molar-refractivity contribution in [2.75, 3.05) is 30.4 Å². The molecule has 1 aliphatic rings. The second-order valence-corrected chi connectivity index (χ2v) is 6.72. The van der Waals surface area contributed by atoms with Crippen molar-refractivity contribution in [3.05, 3.63) is 47.5 Å². The largest absolute Gasteiger partial charge is 0.383 e. The smallest absolute Gasteiger partial charge is 0.231 e. The summed E-state index contributed by atoms with van der Waals surface area (Å²) in [6.45, 7) is 1.52. The molecule has 0 spiro atoms. The maximum absolute atomic E-state index is 13.4. The maximum Gasteiger partial charge on any atom is 0.231 e. The second kappa shape index (κ2) is 7.48. The fourth-order valence-corrected chi connectivity index (χ4v) is 3.55. The summed E-state index contributed by atoms with van der Waals surface area (Å²) in [7, 11) is 1.79. The van der Waals surface area contributed by atoms with E-state index in [1.807, 2.05) is 0 Å². The molecule has 140 valence electrons. The molecule has 9 heteroatoms. The number of piperidine rings is 1. The van der Waals surface area contributed by atoms with E-state index in [2.05, 4.69) is 30.3 Å². The molecule has 2 aromatic heterocycles. The van der Waals surface area contributed by atoms with Crippen LogP contribution in [0.5, 0.6) is 0 Å². The van der Waals surface area contributed by atoms with Crippen LogP contribution in [0.2, 0.25) is 5.15 Å². The van der Waals surface area contributed by atoms with Crippen LogP contribution in [0.15, 0.2) is 35.1 Å². The Morgan fingerprint density at radius 3 is 3.04 bits per heavy atom. The number of benzene rings is 1. The molecule has 1 saturated heterocycles. The third-order valence-corrected chi connectivity index (χ3v) is 4.91. The summed E-state index contributed by atoms with van der Waals surface area (Å²) in [5.41, 5.74) is 1.29. The molecule has 1 atom stereocenters. The van der Waals surface area contributed by atoms with Gasteiger partial charge in [-0.15, -0.1) is 0 Å². The van der Waals surface area contributed by atoms with Crippen LogP contribution < -0.4 is 10.2 Å². The number of halogens is 2. The van der Waals surface area contributed by atoms with Gasteiger partial charge in [-0.2, -0.15) is 4.98 Å². The van der Waals surface area contributed by atoms with Crippen molar-refractivity contribution in [2.45, 2.75) is 18.8 Å². The molecule has 0 radical (unpaired) electrons. The molecular formula is C18H18ClFN6O. The van der Waals surface area contributed by atoms with Crippen LogP contribution in [-0.2, 0) is 0 Å². The van der Waals surface area contributed by atoms with Crippen LogP contribution in [0.25, 0.3) is 11.4 Å². The Bertz CT molecular complexity index is 949. The summed E-state index contributed by atoms with van der Waals surface area (Å²) in [6, 6.07) is 6.16. The minimum atomic E-state index is -0.331. The highest BCUT2D eigenvalue weighted by Gasteiger charge is 2.28. The van der Waals surface area contributed by atoms with Crippen LogP contribution in [0.3, 0.4) is 0 Å². The zero-order valence-electron chi connectivity index (χ0n) is 14.7. The molecule has 0 saturated carbocycles. The van der Waals surface area contributed by atoms with Gasteiger partial charge < -0.3 is 14.7 Å². The molecule has 1 N–H and O–H groups in total. The Balaban J connectivity index is 1.57. The fraction of sp³-hybridized carbons (Fsp3) is 0.333. The van der Waals surface area contributed by atoms with Crippen molar-refractivity contribution in [2.24, 2.45) is 0 Å². The highest BCUT2D eigenvalue weighted by molar-refractivity contribution is 6.32. The quantitative estimate of drug-likeness (QED) is 0.682. The zero-order chi connectivity index (χ0) is 18.8. The van der Waals surface area contributed by atoms with Gasteiger partial charge in [0.1, 0.15) is 17.8 Å². The van der Waals surface area contributed by atoms with Crippen molar-refractivity contribution < 1.29 is 8.91 Å². The Hall–Kier alpha value is -2.74. The topological polar surface area (TPSA) is 80.0 Å². The molecule has 0 bridgehead atoms. The molecule has 3 heterocycles. The van der Waals surface area contributed by atoms with Gasteiger partial charge in [0, 0.05) is 25.7 Å². The van der Waals surface area contributed by atoms with Gasteiger partial charge >= 0.3 is 0 Å². The van der Waals surface area contributed by atoms with Crippen LogP contribution in [0.1, 0.15) is 24.7 Å². The van der Waals surface area contributed by atoms with E-state index in [1.165, 1.54) is 18.5 Å². The van der Waals surface area contributed by atoms with Gasteiger partial charge in [-0.05, 0) is 25.0 Å². The van der Waals surface area contributed by atoms with Crippen LogP contribution in [0, 0.1) is 5.82 Å². The van der Waals surface area contributed by atoms with Gasteiger partial charge in [0.15, 0.2) is 11.0 Å². The molecule has 1 unspecified atom stereocenters. The van der Waals surface area contributed by atoms with Gasteiger partial charge in [-0.3, -0.25) is 0 Å². The molecule has 0 amide bonds. The van der Waals surface area contributed by atoms with E-state index in [1.54, 1.807) is 19.2 Å². The van der Waals surface area contributed by atoms with Crippen molar-refractivity contribution in [3.8, 4) is 11.4 Å². The molecule has 1 aliphatic heterocycles. The summed E-state index contributed by atoms with van der Waals surface area (Å²) in [5, 5.41) is 7.46. The van der Waals surface area contributed by atoms with Gasteiger partial charge in [0.2, 0.25) is 11.7 Å². The second-order valence-electron chi connectivity index (χ2n) is 6.36. The molecule has 3 aromatic rings. The summed E-state index contributed by atoms with van der Waals surface area (Å²) in [6.07, 6.45) is 3.33. The molecule has 27 heavy (non-hydrogen) atoms. The van der Waals surface area contributed by atoms with Crippen LogP contribution in [0.4, 0.5) is 15.9 Å². The molecule has 1 aromatic carbocycles. The molecule has 4 rings (SSSR count). The van der Waals surface area contributed by atoms with E-state index in [0.29, 0.717) is 34.7 Å². The third-order valence-electron chi connectivity index (χ3n) is 4.63. The van der Waals surface area contributed by atoms with Gasteiger partial charge in [0.05, 0.1) is 5.92 Å². The zero-order valence-corrected chi connectivity index (χ0v) is 15.4. The van der Waals surface area contributed by atoms with Crippen molar-refractivity contribution in [3.63, 3.8) is 0 Å². The number of nitrogens with one attached hydrogen (secondary N) is 1. The number of hydrogen-bond acceptors (Lipinski definition) is 7. The van der Waals surface area contributed by atoms with Gasteiger partial charge in [-0.25, -0.2) is 14.4 Å². The van der Waals surface area contributed by atoms with Crippen molar-refractivity contribution >= 4 is 23.1 Å². The first-order valence-corrected chi connectivity index (χ1v) is 9.06. The number of rotatable bonds is 4. The Labute approximate surface area is 160 Å². The lowest BCUT2D eigenvalue weighted by molar-refractivity contribution is 0.333. The molecule has 0 aliphatic carbocycles. The lowest BCUT2D eigenvalue weighted by atomic mass is 9.98. The van der Waals surface area contributed by atoms with E-state index in [0.717, 1.165) is 25.2 Å². The number of hydrogen-bond donors (Lipinski definition) is 1. The lowest BCUT2D eigenvalue weighted by Crippen LogP contribution is -2.35. The van der Waals surface area contributed by atoms with E-state index in [9.17, 15) is 4.39 Å². The first-order valence-electron chi connectivity index (χ1n) is 8.68. The summed E-state index contributed by atoms with van der Waals surface area (Å²) >= 11 is 6.17. The van der Waals surface area contributed by atoms with Crippen molar-refractivity contribution in [1.82, 2.24) is 20.1 Å².